The highest BCUT2D eigenvalue weighted by Crippen LogP contribution is 2.26. The number of rotatable bonds is 5. The van der Waals surface area contributed by atoms with Crippen molar-refractivity contribution in [2.45, 2.75) is 31.3 Å². The Kier molecular flexibility index (Phi) is 4.73. The van der Waals surface area contributed by atoms with Crippen molar-refractivity contribution < 1.29 is 22.8 Å². The quantitative estimate of drug-likeness (QED) is 0.653. The average molecular weight is 322 g/mol. The summed E-state index contributed by atoms with van der Waals surface area (Å²) in [5.41, 5.74) is 1.63. The Morgan fingerprint density at radius 1 is 1.05 bits per heavy atom. The Balaban J connectivity index is 2.08. The van der Waals surface area contributed by atoms with Crippen LogP contribution in [0.3, 0.4) is 0 Å². The highest BCUT2D eigenvalue weighted by Gasteiger charge is 2.19. The minimum absolute atomic E-state index is 0.110. The van der Waals surface area contributed by atoms with Crippen LogP contribution in [0.1, 0.15) is 18.1 Å². The van der Waals surface area contributed by atoms with Crippen LogP contribution in [-0.4, -0.2) is 24.7 Å². The van der Waals surface area contributed by atoms with E-state index in [1.165, 1.54) is 24.3 Å². The molecule has 118 valence electrons. The Hall–Kier alpha value is -2.05. The highest BCUT2D eigenvalue weighted by molar-refractivity contribution is 7.86. The van der Waals surface area contributed by atoms with Crippen molar-refractivity contribution in [1.82, 2.24) is 0 Å². The van der Waals surface area contributed by atoms with Crippen molar-refractivity contribution in [3.63, 3.8) is 0 Å². The van der Waals surface area contributed by atoms with E-state index in [-0.39, 0.29) is 16.4 Å². The molecule has 0 aromatic heterocycles. The van der Waals surface area contributed by atoms with Gasteiger partial charge in [0.15, 0.2) is 11.5 Å². The third-order valence-electron chi connectivity index (χ3n) is 3.16. The van der Waals surface area contributed by atoms with Crippen LogP contribution >= 0.6 is 0 Å². The van der Waals surface area contributed by atoms with Gasteiger partial charge in [0.2, 0.25) is 0 Å². The molecule has 5 nitrogen and oxygen atoms in total. The molecule has 2 N–H and O–H groups in total. The van der Waals surface area contributed by atoms with Gasteiger partial charge in [0.05, 0.1) is 11.0 Å². The molecule has 2 rings (SSSR count). The van der Waals surface area contributed by atoms with Crippen molar-refractivity contribution >= 4 is 10.1 Å². The minimum atomic E-state index is -3.83. The lowest BCUT2D eigenvalue weighted by Crippen LogP contribution is -2.17. The molecule has 0 saturated heterocycles. The summed E-state index contributed by atoms with van der Waals surface area (Å²) >= 11 is 0. The maximum atomic E-state index is 12.2. The number of phenolic OH excluding ortho intramolecular Hbond substituents is 2. The Morgan fingerprint density at radius 3 is 2.27 bits per heavy atom. The topological polar surface area (TPSA) is 83.8 Å². The van der Waals surface area contributed by atoms with Crippen LogP contribution in [0.4, 0.5) is 0 Å². The lowest BCUT2D eigenvalue weighted by molar-refractivity contribution is 0.229. The summed E-state index contributed by atoms with van der Waals surface area (Å²) in [7, 11) is -3.83. The summed E-state index contributed by atoms with van der Waals surface area (Å²) in [6, 6.07) is 10.8. The van der Waals surface area contributed by atoms with E-state index >= 15 is 0 Å². The summed E-state index contributed by atoms with van der Waals surface area (Å²) in [6.45, 7) is 3.51. The Morgan fingerprint density at radius 2 is 1.68 bits per heavy atom. The molecule has 1 atom stereocenters. The smallest absolute Gasteiger partial charge is 0.297 e. The maximum Gasteiger partial charge on any atom is 0.297 e. The molecule has 22 heavy (non-hydrogen) atoms. The number of aromatic hydroxyl groups is 2. The van der Waals surface area contributed by atoms with Gasteiger partial charge in [-0.05, 0) is 50.1 Å². The van der Waals surface area contributed by atoms with E-state index in [9.17, 15) is 18.6 Å². The Labute approximate surface area is 129 Å². The van der Waals surface area contributed by atoms with E-state index in [1.807, 2.05) is 6.92 Å². The van der Waals surface area contributed by atoms with E-state index in [0.717, 1.165) is 5.56 Å². The molecular weight excluding hydrogens is 304 g/mol. The van der Waals surface area contributed by atoms with E-state index in [0.29, 0.717) is 12.0 Å². The van der Waals surface area contributed by atoms with Gasteiger partial charge < -0.3 is 10.2 Å². The van der Waals surface area contributed by atoms with E-state index in [2.05, 4.69) is 0 Å². The van der Waals surface area contributed by atoms with Gasteiger partial charge in [0, 0.05) is 0 Å². The van der Waals surface area contributed by atoms with Crippen molar-refractivity contribution in [3.8, 4) is 11.5 Å². The minimum Gasteiger partial charge on any atom is -0.504 e. The molecule has 2 aromatic rings. The van der Waals surface area contributed by atoms with Crippen LogP contribution in [0.5, 0.6) is 11.5 Å². The summed E-state index contributed by atoms with van der Waals surface area (Å²) in [4.78, 5) is 0.110. The van der Waals surface area contributed by atoms with Gasteiger partial charge in [-0.1, -0.05) is 23.8 Å². The van der Waals surface area contributed by atoms with E-state index in [4.69, 9.17) is 4.18 Å². The van der Waals surface area contributed by atoms with Crippen molar-refractivity contribution in [2.24, 2.45) is 0 Å². The van der Waals surface area contributed by atoms with Crippen molar-refractivity contribution in [2.75, 3.05) is 0 Å². The van der Waals surface area contributed by atoms with Gasteiger partial charge in [-0.25, -0.2) is 0 Å². The number of phenols is 2. The standard InChI is InChI=1S/C16H18O5S/c1-11-3-6-14(7-4-11)22(19,20)21-12(2)9-13-5-8-15(17)16(18)10-13/h3-8,10,12,17-18H,9H2,1-2H3/t12-/m1/s1. The predicted molar refractivity (Wildman–Crippen MR) is 82.4 cm³/mol. The first-order valence-corrected chi connectivity index (χ1v) is 8.19. The second-order valence-electron chi connectivity index (χ2n) is 5.20. The predicted octanol–water partition coefficient (Wildman–Crippen LogP) is 2.74. The number of hydrogen-bond acceptors (Lipinski definition) is 5. The lowest BCUT2D eigenvalue weighted by atomic mass is 10.1. The zero-order valence-corrected chi connectivity index (χ0v) is 13.2. The molecule has 0 aliphatic carbocycles. The maximum absolute atomic E-state index is 12.2. The second kappa shape index (κ2) is 6.37. The first-order chi connectivity index (χ1) is 10.3. The third-order valence-corrected chi connectivity index (χ3v) is 4.59. The van der Waals surface area contributed by atoms with Crippen molar-refractivity contribution in [1.29, 1.82) is 0 Å². The zero-order valence-electron chi connectivity index (χ0n) is 12.4. The average Bonchev–Trinajstić information content (AvgIpc) is 2.42. The summed E-state index contributed by atoms with van der Waals surface area (Å²) in [5, 5.41) is 18.7. The molecule has 0 unspecified atom stereocenters. The molecule has 0 saturated carbocycles. The fourth-order valence-electron chi connectivity index (χ4n) is 2.04. The molecule has 0 spiro atoms. The van der Waals surface area contributed by atoms with Gasteiger partial charge in [-0.15, -0.1) is 0 Å². The molecule has 0 radical (unpaired) electrons. The molecule has 0 fully saturated rings. The van der Waals surface area contributed by atoms with Crippen molar-refractivity contribution in [3.05, 3.63) is 53.6 Å². The molecule has 0 amide bonds. The molecule has 0 aliphatic rings. The Bertz CT molecular complexity index is 751. The van der Waals surface area contributed by atoms with Gasteiger partial charge in [-0.3, -0.25) is 4.18 Å². The first-order valence-electron chi connectivity index (χ1n) is 6.79. The summed E-state index contributed by atoms with van der Waals surface area (Å²) in [6.07, 6.45) is -0.311. The SMILES string of the molecule is Cc1ccc(S(=O)(=O)O[C@H](C)Cc2ccc(O)c(O)c2)cc1. The monoisotopic (exact) mass is 322 g/mol. The van der Waals surface area contributed by atoms with Crippen LogP contribution in [-0.2, 0) is 20.7 Å². The van der Waals surface area contributed by atoms with Gasteiger partial charge in [0.25, 0.3) is 10.1 Å². The van der Waals surface area contributed by atoms with Gasteiger partial charge >= 0.3 is 0 Å². The lowest BCUT2D eigenvalue weighted by Gasteiger charge is -2.13. The molecule has 2 aromatic carbocycles. The van der Waals surface area contributed by atoms with E-state index in [1.54, 1.807) is 25.1 Å². The molecule has 6 heteroatoms. The summed E-state index contributed by atoms with van der Waals surface area (Å²) in [5.74, 6) is -0.462. The molecule has 0 heterocycles. The fourth-order valence-corrected chi connectivity index (χ4v) is 3.12. The van der Waals surface area contributed by atoms with Crippen LogP contribution in [0.15, 0.2) is 47.4 Å². The number of benzene rings is 2. The largest absolute Gasteiger partial charge is 0.504 e. The number of aryl methyl sites for hydroxylation is 1. The van der Waals surface area contributed by atoms with Gasteiger partial charge in [0.1, 0.15) is 0 Å². The van der Waals surface area contributed by atoms with Gasteiger partial charge in [-0.2, -0.15) is 8.42 Å². The molecule has 0 bridgehead atoms. The van der Waals surface area contributed by atoms with Crippen LogP contribution < -0.4 is 0 Å². The van der Waals surface area contributed by atoms with Crippen LogP contribution in [0.2, 0.25) is 0 Å². The molecule has 0 aliphatic heterocycles. The molecular formula is C16H18O5S. The first kappa shape index (κ1) is 16.3. The second-order valence-corrected chi connectivity index (χ2v) is 6.77. The van der Waals surface area contributed by atoms with Crippen LogP contribution in [0, 0.1) is 6.92 Å². The normalized spacial score (nSPS) is 13.0. The highest BCUT2D eigenvalue weighted by atomic mass is 32.2. The number of hydrogen-bond donors (Lipinski definition) is 2. The summed E-state index contributed by atoms with van der Waals surface area (Å²) < 4.78 is 29.5. The van der Waals surface area contributed by atoms with E-state index < -0.39 is 16.2 Å². The fraction of sp³-hybridized carbons (Fsp3) is 0.250. The third kappa shape index (κ3) is 3.99. The van der Waals surface area contributed by atoms with Crippen LogP contribution in [0.25, 0.3) is 0 Å². The zero-order chi connectivity index (χ0) is 16.3.